The number of hydrogen-bond acceptors (Lipinski definition) is 5. The van der Waals surface area contributed by atoms with Crippen LogP contribution in [0.4, 0.5) is 0 Å². The predicted molar refractivity (Wildman–Crippen MR) is 219 cm³/mol. The molecule has 0 aliphatic rings. The molecule has 5 heteroatoms. The molecular formula is C49H29N3O2. The second kappa shape index (κ2) is 12.1. The number of nitrogens with zero attached hydrogens (tertiary/aromatic N) is 3. The van der Waals surface area contributed by atoms with Crippen molar-refractivity contribution in [2.45, 2.75) is 0 Å². The van der Waals surface area contributed by atoms with Gasteiger partial charge < -0.3 is 8.83 Å². The average molecular weight is 692 g/mol. The van der Waals surface area contributed by atoms with Crippen LogP contribution in [0.1, 0.15) is 0 Å². The van der Waals surface area contributed by atoms with Crippen LogP contribution < -0.4 is 0 Å². The molecule has 252 valence electrons. The zero-order valence-corrected chi connectivity index (χ0v) is 28.9. The standard InChI is InChI=1S/C49H29N3O2/c1-3-12-30(13-4-1)34-26-27-35-29-39(45-37-17-8-10-20-42(37)54-46(45)40(35)28-34)31-22-24-33(25-23-31)48-50-47(32-14-5-2-6-15-32)51-49(52-48)38-18-11-21-43-44(38)36-16-7-9-19-41(36)53-43/h1-29H. The Labute approximate surface area is 309 Å². The molecule has 0 saturated heterocycles. The fraction of sp³-hybridized carbons (Fsp3) is 0. The molecule has 0 fully saturated rings. The highest BCUT2D eigenvalue weighted by Crippen LogP contribution is 2.43. The van der Waals surface area contributed by atoms with Gasteiger partial charge in [0.05, 0.1) is 0 Å². The maximum absolute atomic E-state index is 6.64. The van der Waals surface area contributed by atoms with Crippen molar-refractivity contribution < 1.29 is 8.83 Å². The highest BCUT2D eigenvalue weighted by molar-refractivity contribution is 6.21. The maximum atomic E-state index is 6.64. The van der Waals surface area contributed by atoms with Gasteiger partial charge in [-0.25, -0.2) is 15.0 Å². The van der Waals surface area contributed by atoms with E-state index in [1.165, 1.54) is 5.56 Å². The SMILES string of the molecule is c1ccc(-c2ccc3cc(-c4ccc(-c5nc(-c6ccccc6)nc(-c6cccc7oc8ccccc8c67)n5)cc4)c4c5ccccc5oc4c3c2)cc1. The molecule has 3 aromatic heterocycles. The number of fused-ring (bicyclic) bond motifs is 8. The summed E-state index contributed by atoms with van der Waals surface area (Å²) in [5, 5.41) is 6.42. The van der Waals surface area contributed by atoms with Gasteiger partial charge in [-0.05, 0) is 58.0 Å². The van der Waals surface area contributed by atoms with Gasteiger partial charge in [-0.1, -0.05) is 146 Å². The van der Waals surface area contributed by atoms with Gasteiger partial charge in [0.15, 0.2) is 17.5 Å². The van der Waals surface area contributed by atoms with Gasteiger partial charge in [0, 0.05) is 43.6 Å². The molecule has 11 rings (SSSR count). The van der Waals surface area contributed by atoms with Crippen LogP contribution in [0.5, 0.6) is 0 Å². The quantitative estimate of drug-likeness (QED) is 0.180. The van der Waals surface area contributed by atoms with Gasteiger partial charge in [0.2, 0.25) is 0 Å². The second-order valence-corrected chi connectivity index (χ2v) is 13.6. The smallest absolute Gasteiger partial charge is 0.164 e. The Bertz CT molecular complexity index is 3200. The fourth-order valence-corrected chi connectivity index (χ4v) is 7.75. The summed E-state index contributed by atoms with van der Waals surface area (Å²) < 4.78 is 12.9. The first-order valence-corrected chi connectivity index (χ1v) is 18.0. The molecule has 0 aliphatic carbocycles. The normalized spacial score (nSPS) is 11.7. The summed E-state index contributed by atoms with van der Waals surface area (Å²) in [5.41, 5.74) is 10.6. The van der Waals surface area contributed by atoms with Crippen molar-refractivity contribution in [3.05, 3.63) is 176 Å². The Morgan fingerprint density at radius 2 is 0.870 bits per heavy atom. The van der Waals surface area contributed by atoms with E-state index in [2.05, 4.69) is 97.1 Å². The number of aromatic nitrogens is 3. The van der Waals surface area contributed by atoms with Gasteiger partial charge in [-0.3, -0.25) is 0 Å². The molecular weight excluding hydrogens is 663 g/mol. The lowest BCUT2D eigenvalue weighted by Gasteiger charge is -2.11. The lowest BCUT2D eigenvalue weighted by molar-refractivity contribution is 0.669. The summed E-state index contributed by atoms with van der Waals surface area (Å²) in [6.07, 6.45) is 0. The minimum absolute atomic E-state index is 0.594. The van der Waals surface area contributed by atoms with Crippen LogP contribution in [-0.4, -0.2) is 15.0 Å². The van der Waals surface area contributed by atoms with Crippen LogP contribution >= 0.6 is 0 Å². The molecule has 0 amide bonds. The number of hydrogen-bond donors (Lipinski definition) is 0. The molecule has 0 unspecified atom stereocenters. The van der Waals surface area contributed by atoms with Crippen LogP contribution in [0, 0.1) is 0 Å². The third-order valence-electron chi connectivity index (χ3n) is 10.3. The molecule has 3 heterocycles. The lowest BCUT2D eigenvalue weighted by atomic mass is 9.93. The Balaban J connectivity index is 1.07. The van der Waals surface area contributed by atoms with Crippen molar-refractivity contribution in [1.29, 1.82) is 0 Å². The largest absolute Gasteiger partial charge is 0.456 e. The van der Waals surface area contributed by atoms with E-state index in [9.17, 15) is 0 Å². The predicted octanol–water partition coefficient (Wildman–Crippen LogP) is 13.2. The summed E-state index contributed by atoms with van der Waals surface area (Å²) in [5.74, 6) is 1.80. The summed E-state index contributed by atoms with van der Waals surface area (Å²) in [6, 6.07) is 60.4. The zero-order valence-electron chi connectivity index (χ0n) is 28.9. The minimum Gasteiger partial charge on any atom is -0.456 e. The van der Waals surface area contributed by atoms with Crippen LogP contribution in [-0.2, 0) is 0 Å². The summed E-state index contributed by atoms with van der Waals surface area (Å²) in [6.45, 7) is 0. The summed E-state index contributed by atoms with van der Waals surface area (Å²) in [4.78, 5) is 15.2. The monoisotopic (exact) mass is 691 g/mol. The van der Waals surface area contributed by atoms with Gasteiger partial charge in [-0.15, -0.1) is 0 Å². The highest BCUT2D eigenvalue weighted by Gasteiger charge is 2.20. The third kappa shape index (κ3) is 4.90. The molecule has 0 atom stereocenters. The molecule has 0 bridgehead atoms. The third-order valence-corrected chi connectivity index (χ3v) is 10.3. The Hall–Kier alpha value is -7.37. The van der Waals surface area contributed by atoms with Gasteiger partial charge in [0.25, 0.3) is 0 Å². The first kappa shape index (κ1) is 30.3. The van der Waals surface area contributed by atoms with Crippen molar-refractivity contribution >= 4 is 54.6 Å². The molecule has 0 spiro atoms. The van der Waals surface area contributed by atoms with Crippen molar-refractivity contribution in [1.82, 2.24) is 15.0 Å². The summed E-state index contributed by atoms with van der Waals surface area (Å²) >= 11 is 0. The van der Waals surface area contributed by atoms with Gasteiger partial charge >= 0.3 is 0 Å². The van der Waals surface area contributed by atoms with Crippen molar-refractivity contribution in [3.8, 4) is 56.4 Å². The average Bonchev–Trinajstić information content (AvgIpc) is 3.83. The van der Waals surface area contributed by atoms with Crippen molar-refractivity contribution in [2.75, 3.05) is 0 Å². The molecule has 8 aromatic carbocycles. The van der Waals surface area contributed by atoms with Crippen LogP contribution in [0.3, 0.4) is 0 Å². The van der Waals surface area contributed by atoms with E-state index in [-0.39, 0.29) is 0 Å². The molecule has 5 nitrogen and oxygen atoms in total. The van der Waals surface area contributed by atoms with E-state index in [1.807, 2.05) is 78.9 Å². The van der Waals surface area contributed by atoms with Crippen LogP contribution in [0.15, 0.2) is 185 Å². The molecule has 0 saturated carbocycles. The molecule has 0 aliphatic heterocycles. The molecule has 54 heavy (non-hydrogen) atoms. The lowest BCUT2D eigenvalue weighted by Crippen LogP contribution is -2.00. The Morgan fingerprint density at radius 1 is 0.315 bits per heavy atom. The minimum atomic E-state index is 0.594. The van der Waals surface area contributed by atoms with Crippen LogP contribution in [0.2, 0.25) is 0 Å². The number of rotatable bonds is 5. The van der Waals surface area contributed by atoms with E-state index >= 15 is 0 Å². The number of benzene rings is 8. The zero-order chi connectivity index (χ0) is 35.6. The van der Waals surface area contributed by atoms with E-state index in [0.29, 0.717) is 17.5 Å². The van der Waals surface area contributed by atoms with E-state index in [0.717, 1.165) is 88.0 Å². The maximum Gasteiger partial charge on any atom is 0.164 e. The first-order chi connectivity index (χ1) is 26.7. The molecule has 0 radical (unpaired) electrons. The molecule has 11 aromatic rings. The van der Waals surface area contributed by atoms with Crippen molar-refractivity contribution in [3.63, 3.8) is 0 Å². The fourth-order valence-electron chi connectivity index (χ4n) is 7.75. The van der Waals surface area contributed by atoms with Gasteiger partial charge in [-0.2, -0.15) is 0 Å². The number of furan rings is 2. The summed E-state index contributed by atoms with van der Waals surface area (Å²) in [7, 11) is 0. The topological polar surface area (TPSA) is 65.0 Å². The number of para-hydroxylation sites is 2. The van der Waals surface area contributed by atoms with Gasteiger partial charge in [0.1, 0.15) is 22.3 Å². The first-order valence-electron chi connectivity index (χ1n) is 18.0. The Kier molecular flexibility index (Phi) is 6.79. The Morgan fingerprint density at radius 3 is 1.61 bits per heavy atom. The highest BCUT2D eigenvalue weighted by atomic mass is 16.3. The van der Waals surface area contributed by atoms with E-state index in [1.54, 1.807) is 0 Å². The van der Waals surface area contributed by atoms with Crippen molar-refractivity contribution in [2.24, 2.45) is 0 Å². The van der Waals surface area contributed by atoms with Crippen LogP contribution in [0.25, 0.3) is 111 Å². The van der Waals surface area contributed by atoms with E-state index < -0.39 is 0 Å². The second-order valence-electron chi connectivity index (χ2n) is 13.6. The molecule has 0 N–H and O–H groups in total. The van der Waals surface area contributed by atoms with E-state index in [4.69, 9.17) is 23.8 Å².